The Labute approximate surface area is 134 Å². The Kier molecular flexibility index (Phi) is 4.47. The molecule has 1 heterocycles. The first kappa shape index (κ1) is 15.5. The van der Waals surface area contributed by atoms with E-state index in [0.717, 1.165) is 36.4 Å². The summed E-state index contributed by atoms with van der Waals surface area (Å²) in [5, 5.41) is 6.62. The van der Waals surface area contributed by atoms with Crippen molar-refractivity contribution >= 4 is 23.2 Å². The zero-order valence-electron chi connectivity index (χ0n) is 13.1. The van der Waals surface area contributed by atoms with Crippen molar-refractivity contribution in [1.82, 2.24) is 15.6 Å². The number of aromatic nitrogens is 1. The minimum Gasteiger partial charge on any atom is -0.353 e. The molecule has 1 unspecified atom stereocenters. The molecule has 0 spiro atoms. The number of hydrogen-bond acceptors (Lipinski definition) is 4. The smallest absolute Gasteiger partial charge is 0.280 e. The van der Waals surface area contributed by atoms with Gasteiger partial charge in [-0.25, -0.2) is 4.98 Å². The van der Waals surface area contributed by atoms with E-state index < -0.39 is 0 Å². The highest BCUT2D eigenvalue weighted by Gasteiger charge is 2.27. The van der Waals surface area contributed by atoms with Crippen LogP contribution in [0, 0.1) is 11.8 Å². The first-order chi connectivity index (χ1) is 10.5. The van der Waals surface area contributed by atoms with Gasteiger partial charge in [0.2, 0.25) is 5.91 Å². The van der Waals surface area contributed by atoms with Gasteiger partial charge < -0.3 is 10.6 Å². The highest BCUT2D eigenvalue weighted by Crippen LogP contribution is 2.29. The van der Waals surface area contributed by atoms with Crippen LogP contribution in [0.25, 0.3) is 0 Å². The minimum atomic E-state index is -0.0472. The Balaban J connectivity index is 1.59. The molecule has 1 aromatic rings. The number of carbonyl (C=O) groups excluding carboxylic acids is 2. The van der Waals surface area contributed by atoms with Crippen LogP contribution >= 0.6 is 11.3 Å². The van der Waals surface area contributed by atoms with Crippen LogP contribution in [0.4, 0.5) is 0 Å². The van der Waals surface area contributed by atoms with E-state index in [1.54, 1.807) is 0 Å². The van der Waals surface area contributed by atoms with E-state index >= 15 is 0 Å². The number of nitrogens with one attached hydrogen (secondary N) is 2. The molecule has 22 heavy (non-hydrogen) atoms. The van der Waals surface area contributed by atoms with Gasteiger partial charge >= 0.3 is 0 Å². The summed E-state index contributed by atoms with van der Waals surface area (Å²) in [5.74, 6) is 0.732. The van der Waals surface area contributed by atoms with E-state index in [0.29, 0.717) is 10.9 Å². The van der Waals surface area contributed by atoms with Crippen LogP contribution in [0.3, 0.4) is 0 Å². The van der Waals surface area contributed by atoms with Crippen molar-refractivity contribution in [3.8, 4) is 0 Å². The molecule has 1 fully saturated rings. The quantitative estimate of drug-likeness (QED) is 0.870. The molecular weight excluding hydrogens is 298 g/mol. The van der Waals surface area contributed by atoms with Gasteiger partial charge in [0.05, 0.1) is 5.69 Å². The standard InChI is InChI=1S/C16H23N3O2S/c1-9(2)14(20)18-11-5-6-12-13(7-11)22-16(19-12)15(21)17-8-10-3-4-10/h9-11H,3-8H2,1-2H3,(H,17,21)(H,18,20). The van der Waals surface area contributed by atoms with Crippen molar-refractivity contribution in [2.24, 2.45) is 11.8 Å². The molecule has 0 saturated heterocycles. The second-order valence-electron chi connectivity index (χ2n) is 6.65. The van der Waals surface area contributed by atoms with Crippen molar-refractivity contribution in [2.45, 2.75) is 52.0 Å². The zero-order valence-corrected chi connectivity index (χ0v) is 14.0. The molecule has 1 saturated carbocycles. The fourth-order valence-electron chi connectivity index (χ4n) is 2.60. The molecule has 2 aliphatic carbocycles. The Morgan fingerprint density at radius 3 is 2.77 bits per heavy atom. The van der Waals surface area contributed by atoms with Crippen LogP contribution in [0.2, 0.25) is 0 Å². The maximum atomic E-state index is 12.1. The van der Waals surface area contributed by atoms with Gasteiger partial charge in [0.25, 0.3) is 5.91 Å². The largest absolute Gasteiger partial charge is 0.353 e. The van der Waals surface area contributed by atoms with Crippen LogP contribution in [-0.2, 0) is 17.6 Å². The lowest BCUT2D eigenvalue weighted by Gasteiger charge is -2.23. The van der Waals surface area contributed by atoms with Gasteiger partial charge in [-0.05, 0) is 31.6 Å². The number of aryl methyl sites for hydroxylation is 1. The SMILES string of the molecule is CC(C)C(=O)NC1CCc2nc(C(=O)NCC3CC3)sc2C1. The van der Waals surface area contributed by atoms with Crippen molar-refractivity contribution < 1.29 is 9.59 Å². The molecule has 5 nitrogen and oxygen atoms in total. The summed E-state index contributed by atoms with van der Waals surface area (Å²) < 4.78 is 0. The number of carbonyl (C=O) groups is 2. The number of thiazole rings is 1. The van der Waals surface area contributed by atoms with Crippen LogP contribution in [0.5, 0.6) is 0 Å². The van der Waals surface area contributed by atoms with Gasteiger partial charge in [0.1, 0.15) is 0 Å². The van der Waals surface area contributed by atoms with Crippen molar-refractivity contribution in [3.63, 3.8) is 0 Å². The van der Waals surface area contributed by atoms with Crippen molar-refractivity contribution in [2.75, 3.05) is 6.54 Å². The molecule has 0 aromatic carbocycles. The Morgan fingerprint density at radius 2 is 2.09 bits per heavy atom. The maximum Gasteiger partial charge on any atom is 0.280 e. The van der Waals surface area contributed by atoms with E-state index in [2.05, 4.69) is 15.6 Å². The van der Waals surface area contributed by atoms with E-state index in [1.807, 2.05) is 13.8 Å². The van der Waals surface area contributed by atoms with Gasteiger partial charge in [0, 0.05) is 29.8 Å². The third kappa shape index (κ3) is 3.66. The Hall–Kier alpha value is -1.43. The predicted octanol–water partition coefficient (Wildman–Crippen LogP) is 1.91. The normalized spacial score (nSPS) is 20.6. The Bertz CT molecular complexity index is 578. The highest BCUT2D eigenvalue weighted by molar-refractivity contribution is 7.13. The molecule has 120 valence electrons. The van der Waals surface area contributed by atoms with Crippen LogP contribution < -0.4 is 10.6 Å². The third-order valence-electron chi connectivity index (χ3n) is 4.25. The average molecular weight is 321 g/mol. The van der Waals surface area contributed by atoms with E-state index in [1.165, 1.54) is 24.2 Å². The molecule has 2 N–H and O–H groups in total. The molecule has 2 amide bonds. The number of amides is 2. The summed E-state index contributed by atoms with van der Waals surface area (Å²) >= 11 is 1.48. The van der Waals surface area contributed by atoms with E-state index in [9.17, 15) is 9.59 Å². The summed E-state index contributed by atoms with van der Waals surface area (Å²) in [6.07, 6.45) is 4.99. The number of nitrogens with zero attached hydrogens (tertiary/aromatic N) is 1. The van der Waals surface area contributed by atoms with Crippen molar-refractivity contribution in [3.05, 3.63) is 15.6 Å². The van der Waals surface area contributed by atoms with Gasteiger partial charge in [-0.15, -0.1) is 11.3 Å². The van der Waals surface area contributed by atoms with Gasteiger partial charge in [0.15, 0.2) is 5.01 Å². The summed E-state index contributed by atoms with van der Waals surface area (Å²) in [6.45, 7) is 4.58. The number of rotatable bonds is 5. The molecule has 1 atom stereocenters. The zero-order chi connectivity index (χ0) is 15.7. The minimum absolute atomic E-state index is 0.00613. The fraction of sp³-hybridized carbons (Fsp3) is 0.688. The lowest BCUT2D eigenvalue weighted by Crippen LogP contribution is -2.40. The monoisotopic (exact) mass is 321 g/mol. The summed E-state index contributed by atoms with van der Waals surface area (Å²) in [6, 6.07) is 0.172. The van der Waals surface area contributed by atoms with Gasteiger partial charge in [-0.1, -0.05) is 13.8 Å². The second-order valence-corrected chi connectivity index (χ2v) is 7.73. The van der Waals surface area contributed by atoms with E-state index in [4.69, 9.17) is 0 Å². The molecule has 1 aromatic heterocycles. The Morgan fingerprint density at radius 1 is 1.32 bits per heavy atom. The topological polar surface area (TPSA) is 71.1 Å². The van der Waals surface area contributed by atoms with Crippen molar-refractivity contribution in [1.29, 1.82) is 0 Å². The molecule has 0 radical (unpaired) electrons. The lowest BCUT2D eigenvalue weighted by atomic mass is 9.97. The molecule has 2 aliphatic rings. The van der Waals surface area contributed by atoms with Crippen LogP contribution in [0.15, 0.2) is 0 Å². The molecular formula is C16H23N3O2S. The fourth-order valence-corrected chi connectivity index (χ4v) is 3.70. The average Bonchev–Trinajstić information content (AvgIpc) is 3.22. The van der Waals surface area contributed by atoms with E-state index in [-0.39, 0.29) is 23.8 Å². The molecule has 0 bridgehead atoms. The summed E-state index contributed by atoms with van der Waals surface area (Å²) in [4.78, 5) is 29.6. The molecule has 6 heteroatoms. The summed E-state index contributed by atoms with van der Waals surface area (Å²) in [5.41, 5.74) is 1.04. The first-order valence-corrected chi connectivity index (χ1v) is 8.91. The molecule has 0 aliphatic heterocycles. The summed E-state index contributed by atoms with van der Waals surface area (Å²) in [7, 11) is 0. The molecule has 3 rings (SSSR count). The van der Waals surface area contributed by atoms with Gasteiger partial charge in [-0.2, -0.15) is 0 Å². The third-order valence-corrected chi connectivity index (χ3v) is 5.37. The predicted molar refractivity (Wildman–Crippen MR) is 86.0 cm³/mol. The number of hydrogen-bond donors (Lipinski definition) is 2. The highest BCUT2D eigenvalue weighted by atomic mass is 32.1. The lowest BCUT2D eigenvalue weighted by molar-refractivity contribution is -0.124. The van der Waals surface area contributed by atoms with Gasteiger partial charge in [-0.3, -0.25) is 9.59 Å². The van der Waals surface area contributed by atoms with Crippen LogP contribution in [-0.4, -0.2) is 29.4 Å². The maximum absolute atomic E-state index is 12.1. The second kappa shape index (κ2) is 6.36. The first-order valence-electron chi connectivity index (χ1n) is 8.10. The van der Waals surface area contributed by atoms with Crippen LogP contribution in [0.1, 0.15) is 53.5 Å². The number of fused-ring (bicyclic) bond motifs is 1.